The molecule has 1 atom stereocenters. The Morgan fingerprint density at radius 2 is 1.71 bits per heavy atom. The molecule has 4 nitrogen and oxygen atoms in total. The van der Waals surface area contributed by atoms with Crippen molar-refractivity contribution in [3.05, 3.63) is 71.3 Å². The van der Waals surface area contributed by atoms with Crippen LogP contribution in [-0.4, -0.2) is 35.1 Å². The van der Waals surface area contributed by atoms with E-state index < -0.39 is 6.04 Å². The maximum Gasteiger partial charge on any atom is 0.242 e. The SMILES string of the molecule is CCCCNC(=O)C(CC)N(Cc1ccc(C)cc1)C(=O)CCSCc1ccccc1. The second-order valence-electron chi connectivity index (χ2n) is 7.86. The van der Waals surface area contributed by atoms with E-state index >= 15 is 0 Å². The fourth-order valence-corrected chi connectivity index (χ4v) is 4.27. The zero-order valence-corrected chi connectivity index (χ0v) is 19.9. The van der Waals surface area contributed by atoms with Crippen LogP contribution in [0.3, 0.4) is 0 Å². The van der Waals surface area contributed by atoms with Crippen molar-refractivity contribution in [1.82, 2.24) is 10.2 Å². The average molecular weight is 441 g/mol. The molecular formula is C26H36N2O2S. The highest BCUT2D eigenvalue weighted by atomic mass is 32.2. The van der Waals surface area contributed by atoms with Crippen LogP contribution in [0.4, 0.5) is 0 Å². The van der Waals surface area contributed by atoms with Crippen LogP contribution >= 0.6 is 11.8 Å². The summed E-state index contributed by atoms with van der Waals surface area (Å²) < 4.78 is 0. The molecule has 0 fully saturated rings. The number of amides is 2. The number of aryl methyl sites for hydroxylation is 1. The fraction of sp³-hybridized carbons (Fsp3) is 0.462. The zero-order chi connectivity index (χ0) is 22.5. The van der Waals surface area contributed by atoms with E-state index in [1.807, 2.05) is 44.2 Å². The summed E-state index contributed by atoms with van der Waals surface area (Å²) in [5.41, 5.74) is 3.50. The fourth-order valence-electron chi connectivity index (χ4n) is 3.38. The van der Waals surface area contributed by atoms with Crippen LogP contribution in [0.1, 0.15) is 56.2 Å². The van der Waals surface area contributed by atoms with Crippen molar-refractivity contribution in [3.8, 4) is 0 Å². The first-order valence-corrected chi connectivity index (χ1v) is 12.4. The van der Waals surface area contributed by atoms with Crippen LogP contribution < -0.4 is 5.32 Å². The molecule has 5 heteroatoms. The molecule has 2 rings (SSSR count). The third-order valence-corrected chi connectivity index (χ3v) is 6.29. The first-order chi connectivity index (χ1) is 15.0. The Labute approximate surface area is 191 Å². The van der Waals surface area contributed by atoms with E-state index in [0.717, 1.165) is 29.9 Å². The number of hydrogen-bond acceptors (Lipinski definition) is 3. The Balaban J connectivity index is 2.02. The molecule has 0 saturated carbocycles. The maximum atomic E-state index is 13.2. The lowest BCUT2D eigenvalue weighted by Crippen LogP contribution is -2.49. The van der Waals surface area contributed by atoms with Crippen molar-refractivity contribution in [2.45, 2.75) is 64.8 Å². The minimum atomic E-state index is -0.440. The Kier molecular flexibility index (Phi) is 11.2. The second-order valence-corrected chi connectivity index (χ2v) is 8.97. The number of nitrogens with one attached hydrogen (secondary N) is 1. The van der Waals surface area contributed by atoms with E-state index in [0.29, 0.717) is 25.9 Å². The molecule has 0 radical (unpaired) electrons. The summed E-state index contributed by atoms with van der Waals surface area (Å²) in [6.45, 7) is 7.24. The summed E-state index contributed by atoms with van der Waals surface area (Å²) >= 11 is 1.76. The van der Waals surface area contributed by atoms with Gasteiger partial charge in [0.2, 0.25) is 11.8 Å². The molecule has 0 heterocycles. The van der Waals surface area contributed by atoms with Crippen LogP contribution in [0.15, 0.2) is 54.6 Å². The molecule has 0 aliphatic heterocycles. The molecule has 0 saturated heterocycles. The van der Waals surface area contributed by atoms with Gasteiger partial charge in [-0.1, -0.05) is 80.4 Å². The predicted octanol–water partition coefficient (Wildman–Crippen LogP) is 5.34. The van der Waals surface area contributed by atoms with Gasteiger partial charge >= 0.3 is 0 Å². The van der Waals surface area contributed by atoms with E-state index in [-0.39, 0.29) is 11.8 Å². The highest BCUT2D eigenvalue weighted by Gasteiger charge is 2.28. The van der Waals surface area contributed by atoms with E-state index in [1.54, 1.807) is 16.7 Å². The van der Waals surface area contributed by atoms with E-state index in [2.05, 4.69) is 36.5 Å². The highest BCUT2D eigenvalue weighted by molar-refractivity contribution is 7.98. The van der Waals surface area contributed by atoms with E-state index in [9.17, 15) is 9.59 Å². The van der Waals surface area contributed by atoms with Gasteiger partial charge in [-0.25, -0.2) is 0 Å². The standard InChI is InChI=1S/C26H36N2O2S/c1-4-6-17-27-26(30)24(5-2)28(19-22-14-12-21(3)13-15-22)25(29)16-18-31-20-23-10-8-7-9-11-23/h7-15,24H,4-6,16-20H2,1-3H3,(H,27,30). The maximum absolute atomic E-state index is 13.2. The predicted molar refractivity (Wildman–Crippen MR) is 131 cm³/mol. The number of unbranched alkanes of at least 4 members (excludes halogenated alkanes) is 1. The third-order valence-electron chi connectivity index (χ3n) is 5.26. The summed E-state index contributed by atoms with van der Waals surface area (Å²) in [4.78, 5) is 27.8. The molecule has 0 spiro atoms. The Morgan fingerprint density at radius 3 is 2.35 bits per heavy atom. The Morgan fingerprint density at radius 1 is 1.00 bits per heavy atom. The third kappa shape index (κ3) is 8.78. The molecule has 1 unspecified atom stereocenters. The van der Waals surface area contributed by atoms with Crippen molar-refractivity contribution in [2.24, 2.45) is 0 Å². The number of benzene rings is 2. The lowest BCUT2D eigenvalue weighted by Gasteiger charge is -2.30. The van der Waals surface area contributed by atoms with Crippen molar-refractivity contribution in [3.63, 3.8) is 0 Å². The Hall–Kier alpha value is -2.27. The van der Waals surface area contributed by atoms with Crippen LogP contribution in [0.5, 0.6) is 0 Å². The van der Waals surface area contributed by atoms with E-state index in [4.69, 9.17) is 0 Å². The molecule has 0 aliphatic rings. The average Bonchev–Trinajstić information content (AvgIpc) is 2.78. The van der Waals surface area contributed by atoms with Crippen LogP contribution in [0, 0.1) is 6.92 Å². The largest absolute Gasteiger partial charge is 0.354 e. The summed E-state index contributed by atoms with van der Waals surface area (Å²) in [6, 6.07) is 18.0. The molecule has 0 aromatic heterocycles. The lowest BCUT2D eigenvalue weighted by molar-refractivity contribution is -0.141. The number of carbonyl (C=O) groups is 2. The minimum absolute atomic E-state index is 0.0404. The van der Waals surface area contributed by atoms with E-state index in [1.165, 1.54) is 11.1 Å². The molecule has 2 amide bonds. The van der Waals surface area contributed by atoms with Crippen molar-refractivity contribution < 1.29 is 9.59 Å². The molecular weight excluding hydrogens is 404 g/mol. The van der Waals surface area contributed by atoms with Gasteiger partial charge in [-0.3, -0.25) is 9.59 Å². The van der Waals surface area contributed by atoms with Crippen LogP contribution in [0.2, 0.25) is 0 Å². The van der Waals surface area contributed by atoms with Crippen molar-refractivity contribution >= 4 is 23.6 Å². The molecule has 0 bridgehead atoms. The number of nitrogens with zero attached hydrogens (tertiary/aromatic N) is 1. The van der Waals surface area contributed by atoms with Crippen LogP contribution in [0.25, 0.3) is 0 Å². The summed E-state index contributed by atoms with van der Waals surface area (Å²) in [7, 11) is 0. The zero-order valence-electron chi connectivity index (χ0n) is 19.1. The second kappa shape index (κ2) is 13.9. The lowest BCUT2D eigenvalue weighted by atomic mass is 10.1. The topological polar surface area (TPSA) is 49.4 Å². The van der Waals surface area contributed by atoms with Gasteiger partial charge in [-0.05, 0) is 30.9 Å². The highest BCUT2D eigenvalue weighted by Crippen LogP contribution is 2.17. The molecule has 1 N–H and O–H groups in total. The summed E-state index contributed by atoms with van der Waals surface area (Å²) in [5, 5.41) is 3.02. The first-order valence-electron chi connectivity index (χ1n) is 11.3. The van der Waals surface area contributed by atoms with Crippen molar-refractivity contribution in [1.29, 1.82) is 0 Å². The van der Waals surface area contributed by atoms with Gasteiger partial charge < -0.3 is 10.2 Å². The summed E-state index contributed by atoms with van der Waals surface area (Å²) in [5.74, 6) is 1.62. The monoisotopic (exact) mass is 440 g/mol. The van der Waals surface area contributed by atoms with Crippen molar-refractivity contribution in [2.75, 3.05) is 12.3 Å². The van der Waals surface area contributed by atoms with Gasteiger partial charge in [0.1, 0.15) is 6.04 Å². The molecule has 2 aromatic rings. The number of carbonyl (C=O) groups excluding carboxylic acids is 2. The molecule has 0 aliphatic carbocycles. The normalized spacial score (nSPS) is 11.7. The van der Waals surface area contributed by atoms with Crippen LogP contribution in [-0.2, 0) is 21.9 Å². The van der Waals surface area contributed by atoms with Gasteiger partial charge in [0.05, 0.1) is 0 Å². The number of thioether (sulfide) groups is 1. The minimum Gasteiger partial charge on any atom is -0.354 e. The van der Waals surface area contributed by atoms with Gasteiger partial charge in [0.15, 0.2) is 0 Å². The first kappa shape index (κ1) is 25.0. The summed E-state index contributed by atoms with van der Waals surface area (Å²) in [6.07, 6.45) is 3.01. The smallest absolute Gasteiger partial charge is 0.242 e. The van der Waals surface area contributed by atoms with Gasteiger partial charge in [0, 0.05) is 31.0 Å². The Bertz CT molecular complexity index is 793. The molecule has 31 heavy (non-hydrogen) atoms. The van der Waals surface area contributed by atoms with Gasteiger partial charge in [-0.15, -0.1) is 0 Å². The quantitative estimate of drug-likeness (QED) is 0.428. The van der Waals surface area contributed by atoms with Gasteiger partial charge in [0.25, 0.3) is 0 Å². The number of hydrogen-bond donors (Lipinski definition) is 1. The number of rotatable bonds is 13. The molecule has 168 valence electrons. The van der Waals surface area contributed by atoms with Gasteiger partial charge in [-0.2, -0.15) is 11.8 Å². The molecule has 2 aromatic carbocycles.